The summed E-state index contributed by atoms with van der Waals surface area (Å²) >= 11 is 12.1. The number of halogens is 3. The van der Waals surface area contributed by atoms with Crippen LogP contribution in [0.3, 0.4) is 0 Å². The van der Waals surface area contributed by atoms with Gasteiger partial charge in [0.15, 0.2) is 0 Å². The van der Waals surface area contributed by atoms with E-state index in [1.54, 1.807) is 30.3 Å². The maximum Gasteiger partial charge on any atom is 0.255 e. The van der Waals surface area contributed by atoms with Crippen LogP contribution in [0.1, 0.15) is 11.1 Å². The van der Waals surface area contributed by atoms with Gasteiger partial charge >= 0.3 is 0 Å². The number of hydrogen-bond acceptors (Lipinski definition) is 4. The molecule has 0 aliphatic carbocycles. The highest BCUT2D eigenvalue weighted by Gasteiger charge is 2.27. The predicted octanol–water partition coefficient (Wildman–Crippen LogP) is 4.47. The van der Waals surface area contributed by atoms with Gasteiger partial charge in [-0.15, -0.1) is 0 Å². The van der Waals surface area contributed by atoms with Gasteiger partial charge in [0.1, 0.15) is 5.82 Å². The van der Waals surface area contributed by atoms with Gasteiger partial charge in [-0.2, -0.15) is 9.41 Å². The molecular formula is C22H18Cl2FN3O3S. The SMILES string of the molecule is O=C(CN(Cc1ccccc1Cl)S(=O)(=O)c1ccc(Cl)cc1)N/N=C\c1cccc(F)c1. The lowest BCUT2D eigenvalue weighted by Crippen LogP contribution is -2.39. The molecule has 1 amide bonds. The van der Waals surface area contributed by atoms with Crippen LogP contribution in [0.5, 0.6) is 0 Å². The molecule has 0 saturated heterocycles. The Morgan fingerprint density at radius 1 is 1.03 bits per heavy atom. The largest absolute Gasteiger partial charge is 0.272 e. The average molecular weight is 494 g/mol. The molecule has 0 saturated carbocycles. The summed E-state index contributed by atoms with van der Waals surface area (Å²) in [5, 5.41) is 4.52. The third kappa shape index (κ3) is 6.37. The van der Waals surface area contributed by atoms with Crippen LogP contribution in [0.25, 0.3) is 0 Å². The Hall–Kier alpha value is -2.78. The zero-order chi connectivity index (χ0) is 23.1. The van der Waals surface area contributed by atoms with E-state index in [2.05, 4.69) is 10.5 Å². The van der Waals surface area contributed by atoms with Gasteiger partial charge in [-0.1, -0.05) is 53.5 Å². The first-order valence-electron chi connectivity index (χ1n) is 9.32. The summed E-state index contributed by atoms with van der Waals surface area (Å²) in [6, 6.07) is 18.0. The second-order valence-corrected chi connectivity index (χ2v) is 9.45. The fourth-order valence-corrected chi connectivity index (χ4v) is 4.46. The second kappa shape index (κ2) is 10.7. The van der Waals surface area contributed by atoms with Crippen molar-refractivity contribution in [3.63, 3.8) is 0 Å². The van der Waals surface area contributed by atoms with Crippen molar-refractivity contribution in [2.45, 2.75) is 11.4 Å². The molecule has 0 fully saturated rings. The molecule has 32 heavy (non-hydrogen) atoms. The molecule has 3 aromatic carbocycles. The molecule has 3 aromatic rings. The molecule has 0 atom stereocenters. The minimum Gasteiger partial charge on any atom is -0.272 e. The van der Waals surface area contributed by atoms with Crippen molar-refractivity contribution in [2.75, 3.05) is 6.54 Å². The Kier molecular flexibility index (Phi) is 7.98. The van der Waals surface area contributed by atoms with E-state index in [1.165, 1.54) is 48.7 Å². The first-order chi connectivity index (χ1) is 15.3. The summed E-state index contributed by atoms with van der Waals surface area (Å²) in [5.74, 6) is -1.12. The smallest absolute Gasteiger partial charge is 0.255 e. The number of amides is 1. The van der Waals surface area contributed by atoms with Crippen molar-refractivity contribution in [3.8, 4) is 0 Å². The number of carbonyl (C=O) groups is 1. The lowest BCUT2D eigenvalue weighted by Gasteiger charge is -2.22. The average Bonchev–Trinajstić information content (AvgIpc) is 2.75. The van der Waals surface area contributed by atoms with E-state index in [1.807, 2.05) is 0 Å². The molecule has 0 radical (unpaired) electrons. The summed E-state index contributed by atoms with van der Waals surface area (Å²) in [7, 11) is -4.06. The van der Waals surface area contributed by atoms with E-state index >= 15 is 0 Å². The summed E-state index contributed by atoms with van der Waals surface area (Å²) in [6.07, 6.45) is 1.26. The van der Waals surface area contributed by atoms with Gasteiger partial charge in [0.2, 0.25) is 10.0 Å². The summed E-state index contributed by atoms with van der Waals surface area (Å²) in [5.41, 5.74) is 3.23. The monoisotopic (exact) mass is 493 g/mol. The molecule has 0 spiro atoms. The number of nitrogens with zero attached hydrogens (tertiary/aromatic N) is 2. The lowest BCUT2D eigenvalue weighted by molar-refractivity contribution is -0.121. The molecule has 0 bridgehead atoms. The fraction of sp³-hybridized carbons (Fsp3) is 0.0909. The second-order valence-electron chi connectivity index (χ2n) is 6.67. The van der Waals surface area contributed by atoms with Crippen molar-refractivity contribution < 1.29 is 17.6 Å². The van der Waals surface area contributed by atoms with Gasteiger partial charge in [-0.3, -0.25) is 4.79 Å². The lowest BCUT2D eigenvalue weighted by atomic mass is 10.2. The van der Waals surface area contributed by atoms with Crippen LogP contribution in [-0.4, -0.2) is 31.4 Å². The quantitative estimate of drug-likeness (QED) is 0.371. The van der Waals surface area contributed by atoms with Gasteiger partial charge in [-0.25, -0.2) is 18.2 Å². The van der Waals surface area contributed by atoms with Crippen molar-refractivity contribution in [3.05, 3.63) is 99.8 Å². The molecule has 1 N–H and O–H groups in total. The highest BCUT2D eigenvalue weighted by molar-refractivity contribution is 7.89. The number of sulfonamides is 1. The Morgan fingerprint density at radius 3 is 2.44 bits per heavy atom. The number of benzene rings is 3. The summed E-state index contributed by atoms with van der Waals surface area (Å²) in [6.45, 7) is -0.650. The van der Waals surface area contributed by atoms with Crippen molar-refractivity contribution in [2.24, 2.45) is 5.10 Å². The third-order valence-corrected chi connectivity index (χ3v) is 6.75. The van der Waals surface area contributed by atoms with Gasteiger partial charge in [0.25, 0.3) is 5.91 Å². The zero-order valence-electron chi connectivity index (χ0n) is 16.6. The van der Waals surface area contributed by atoms with Gasteiger partial charge < -0.3 is 0 Å². The van der Waals surface area contributed by atoms with Crippen LogP contribution >= 0.6 is 23.2 Å². The minimum absolute atomic E-state index is 0.0231. The molecule has 0 aromatic heterocycles. The molecule has 0 aliphatic heterocycles. The highest BCUT2D eigenvalue weighted by Crippen LogP contribution is 2.23. The van der Waals surface area contributed by atoms with Crippen LogP contribution < -0.4 is 5.43 Å². The molecule has 166 valence electrons. The van der Waals surface area contributed by atoms with E-state index < -0.39 is 28.3 Å². The molecule has 10 heteroatoms. The minimum atomic E-state index is -4.06. The highest BCUT2D eigenvalue weighted by atomic mass is 35.5. The van der Waals surface area contributed by atoms with Crippen molar-refractivity contribution >= 4 is 45.3 Å². The Balaban J connectivity index is 1.81. The maximum atomic E-state index is 13.2. The van der Waals surface area contributed by atoms with Crippen molar-refractivity contribution in [1.29, 1.82) is 0 Å². The first kappa shape index (κ1) is 23.9. The first-order valence-corrected chi connectivity index (χ1v) is 11.5. The number of hydrazone groups is 1. The molecule has 0 heterocycles. The number of hydrogen-bond donors (Lipinski definition) is 1. The standard InChI is InChI=1S/C22H18Cl2FN3O3S/c23-18-8-10-20(11-9-18)32(30,31)28(14-17-5-1-2-7-21(17)24)15-22(29)27-26-13-16-4-3-6-19(25)12-16/h1-13H,14-15H2,(H,27,29)/b26-13-. The summed E-state index contributed by atoms with van der Waals surface area (Å²) < 4.78 is 40.6. The van der Waals surface area contributed by atoms with Gasteiger partial charge in [-0.05, 0) is 53.6 Å². The Labute approximate surface area is 195 Å². The van der Waals surface area contributed by atoms with Crippen LogP contribution in [-0.2, 0) is 21.4 Å². The van der Waals surface area contributed by atoms with Gasteiger partial charge in [0.05, 0.1) is 17.7 Å². The Morgan fingerprint density at radius 2 is 1.75 bits per heavy atom. The van der Waals surface area contributed by atoms with Crippen LogP contribution in [0.15, 0.2) is 82.8 Å². The number of nitrogens with one attached hydrogen (secondary N) is 1. The topological polar surface area (TPSA) is 78.8 Å². The molecule has 0 aliphatic rings. The van der Waals surface area contributed by atoms with E-state index in [9.17, 15) is 17.6 Å². The maximum absolute atomic E-state index is 13.2. The fourth-order valence-electron chi connectivity index (χ4n) is 2.76. The van der Waals surface area contributed by atoms with Crippen LogP contribution in [0.2, 0.25) is 10.0 Å². The Bertz CT molecular complexity index is 1240. The number of carbonyl (C=O) groups excluding carboxylic acids is 1. The molecule has 6 nitrogen and oxygen atoms in total. The summed E-state index contributed by atoms with van der Waals surface area (Å²) in [4.78, 5) is 12.4. The van der Waals surface area contributed by atoms with E-state index in [0.29, 0.717) is 21.2 Å². The third-order valence-electron chi connectivity index (χ3n) is 4.33. The molecule has 0 unspecified atom stereocenters. The normalized spacial score (nSPS) is 11.8. The van der Waals surface area contributed by atoms with Crippen molar-refractivity contribution in [1.82, 2.24) is 9.73 Å². The zero-order valence-corrected chi connectivity index (χ0v) is 18.9. The van der Waals surface area contributed by atoms with Crippen LogP contribution in [0, 0.1) is 5.82 Å². The molecule has 3 rings (SSSR count). The predicted molar refractivity (Wildman–Crippen MR) is 123 cm³/mol. The van der Waals surface area contributed by atoms with E-state index in [4.69, 9.17) is 23.2 Å². The molecular weight excluding hydrogens is 476 g/mol. The van der Waals surface area contributed by atoms with E-state index in [0.717, 1.165) is 4.31 Å². The van der Waals surface area contributed by atoms with Crippen LogP contribution in [0.4, 0.5) is 4.39 Å². The van der Waals surface area contributed by atoms with E-state index in [-0.39, 0.29) is 11.4 Å². The van der Waals surface area contributed by atoms with Gasteiger partial charge in [0, 0.05) is 16.6 Å². The number of rotatable bonds is 8.